The number of fused-ring (bicyclic) bond motifs is 4. The number of benzene rings is 1. The van der Waals surface area contributed by atoms with Gasteiger partial charge in [-0.05, 0) is 24.8 Å². The third-order valence-electron chi connectivity index (χ3n) is 7.62. The van der Waals surface area contributed by atoms with E-state index < -0.39 is 63.1 Å². The number of likely N-dealkylation sites (tertiary alicyclic amines) is 2. The second kappa shape index (κ2) is 7.29. The number of methoxy groups -OCH3 is 1. The highest BCUT2D eigenvalue weighted by molar-refractivity contribution is 6.53. The van der Waals surface area contributed by atoms with Gasteiger partial charge in [0.05, 0.1) is 18.9 Å². The van der Waals surface area contributed by atoms with Gasteiger partial charge in [0.25, 0.3) is 11.8 Å². The van der Waals surface area contributed by atoms with Crippen LogP contribution in [0.3, 0.4) is 0 Å². The molecule has 34 heavy (non-hydrogen) atoms. The predicted molar refractivity (Wildman–Crippen MR) is 118 cm³/mol. The summed E-state index contributed by atoms with van der Waals surface area (Å²) in [7, 11) is 2.35. The van der Waals surface area contributed by atoms with Crippen LogP contribution in [0.4, 0.5) is 4.79 Å². The Hall–Kier alpha value is -2.91. The summed E-state index contributed by atoms with van der Waals surface area (Å²) in [6.45, 7) is 0. The topological polar surface area (TPSA) is 121 Å². The molecule has 0 spiro atoms. The zero-order valence-corrected chi connectivity index (χ0v) is 19.7. The smallest absolute Gasteiger partial charge is 0.423 e. The maximum absolute atomic E-state index is 13.4. The van der Waals surface area contributed by atoms with E-state index in [0.29, 0.717) is 10.5 Å². The Labute approximate surface area is 204 Å². The average Bonchev–Trinajstić information content (AvgIpc) is 3.14. The highest BCUT2D eigenvalue weighted by Crippen LogP contribution is 2.65. The second-order valence-electron chi connectivity index (χ2n) is 9.04. The molecule has 11 heteroatoms. The van der Waals surface area contributed by atoms with Gasteiger partial charge in [0, 0.05) is 18.5 Å². The highest BCUT2D eigenvalue weighted by Gasteiger charge is 2.76. The predicted octanol–water partition coefficient (Wildman–Crippen LogP) is 2.15. The molecule has 6 unspecified atom stereocenters. The molecule has 0 radical (unpaired) electrons. The van der Waals surface area contributed by atoms with Crippen LogP contribution in [-0.4, -0.2) is 68.5 Å². The first kappa shape index (κ1) is 22.9. The maximum Gasteiger partial charge on any atom is 0.423 e. The molecule has 0 aromatic heterocycles. The molecule has 5 rings (SSSR count). The van der Waals surface area contributed by atoms with Crippen molar-refractivity contribution >= 4 is 52.9 Å². The van der Waals surface area contributed by atoms with Gasteiger partial charge in [-0.1, -0.05) is 29.8 Å². The Balaban J connectivity index is 1.72. The van der Waals surface area contributed by atoms with E-state index in [1.165, 1.54) is 13.1 Å². The number of rotatable bonds is 1. The fraction of sp³-hybridized carbons (Fsp3) is 0.435. The lowest BCUT2D eigenvalue weighted by Crippen LogP contribution is -2.60. The van der Waals surface area contributed by atoms with Crippen molar-refractivity contribution in [1.82, 2.24) is 9.80 Å². The standard InChI is InChI=1S/C23H20Cl2N2O7/c1-26-19(31)22(24)9-13-10(7-8-12-15(13)18(30)27(17(12)29)21(33)34-2)16(23(22,25)20(26)32)11-5-3-4-6-14(11)28/h3-7,12-13,15-16,28H,8-9H2,1-2H3. The van der Waals surface area contributed by atoms with Crippen LogP contribution in [0.5, 0.6) is 5.75 Å². The Kier molecular flexibility index (Phi) is 4.90. The number of hydrogen-bond donors (Lipinski definition) is 1. The summed E-state index contributed by atoms with van der Waals surface area (Å²) in [6, 6.07) is 6.25. The average molecular weight is 507 g/mol. The fourth-order valence-corrected chi connectivity index (χ4v) is 7.10. The SMILES string of the molecule is COC(=O)N1C(=O)C2CC=C3C(CC4(Cl)C(=O)N(C)C(=O)C4(Cl)C3c3ccccc3O)C2C1=O. The van der Waals surface area contributed by atoms with E-state index >= 15 is 0 Å². The number of ether oxygens (including phenoxy) is 1. The minimum absolute atomic E-state index is 0.110. The molecule has 9 nitrogen and oxygen atoms in total. The van der Waals surface area contributed by atoms with Crippen molar-refractivity contribution in [2.75, 3.05) is 14.2 Å². The Bertz CT molecular complexity index is 1220. The van der Waals surface area contributed by atoms with E-state index in [4.69, 9.17) is 23.2 Å². The normalized spacial score (nSPS) is 36.8. The van der Waals surface area contributed by atoms with Gasteiger partial charge in [0.1, 0.15) is 5.75 Å². The number of para-hydroxylation sites is 1. The summed E-state index contributed by atoms with van der Waals surface area (Å²) in [6.07, 6.45) is 0.542. The van der Waals surface area contributed by atoms with E-state index in [1.807, 2.05) is 0 Å². The van der Waals surface area contributed by atoms with Crippen LogP contribution in [0.2, 0.25) is 0 Å². The molecule has 5 amide bonds. The van der Waals surface area contributed by atoms with Crippen molar-refractivity contribution < 1.29 is 33.8 Å². The largest absolute Gasteiger partial charge is 0.508 e. The molecule has 2 aliphatic carbocycles. The molecule has 6 atom stereocenters. The number of allylic oxidation sites excluding steroid dienone is 2. The van der Waals surface area contributed by atoms with E-state index in [-0.39, 0.29) is 24.2 Å². The van der Waals surface area contributed by atoms with Crippen LogP contribution >= 0.6 is 23.2 Å². The van der Waals surface area contributed by atoms with E-state index in [2.05, 4.69) is 4.74 Å². The van der Waals surface area contributed by atoms with Gasteiger partial charge in [0.2, 0.25) is 11.8 Å². The minimum atomic E-state index is -1.97. The molecule has 4 aliphatic rings. The lowest BCUT2D eigenvalue weighted by atomic mass is 9.56. The number of hydrogen-bond acceptors (Lipinski definition) is 7. The maximum atomic E-state index is 13.4. The van der Waals surface area contributed by atoms with Crippen molar-refractivity contribution in [2.45, 2.75) is 28.5 Å². The monoisotopic (exact) mass is 506 g/mol. The molecule has 1 N–H and O–H groups in total. The third-order valence-corrected chi connectivity index (χ3v) is 9.03. The molecule has 2 aliphatic heterocycles. The number of imide groups is 4. The van der Waals surface area contributed by atoms with Crippen LogP contribution in [0, 0.1) is 17.8 Å². The molecule has 1 aromatic carbocycles. The molecule has 3 fully saturated rings. The Morgan fingerprint density at radius 3 is 2.41 bits per heavy atom. The van der Waals surface area contributed by atoms with Crippen molar-refractivity contribution in [3.8, 4) is 5.75 Å². The lowest BCUT2D eigenvalue weighted by Gasteiger charge is -2.50. The quantitative estimate of drug-likeness (QED) is 0.351. The van der Waals surface area contributed by atoms with Crippen LogP contribution in [0.1, 0.15) is 24.3 Å². The number of nitrogens with zero attached hydrogens (tertiary/aromatic N) is 2. The number of phenolic OH excluding ortho intramolecular Hbond substituents is 1. The van der Waals surface area contributed by atoms with Crippen LogP contribution in [0.15, 0.2) is 35.9 Å². The Morgan fingerprint density at radius 1 is 1.09 bits per heavy atom. The van der Waals surface area contributed by atoms with Crippen molar-refractivity contribution in [2.24, 2.45) is 17.8 Å². The lowest BCUT2D eigenvalue weighted by molar-refractivity contribution is -0.139. The summed E-state index contributed by atoms with van der Waals surface area (Å²) in [5, 5.41) is 10.7. The summed E-state index contributed by atoms with van der Waals surface area (Å²) in [5.74, 6) is -6.70. The summed E-state index contributed by atoms with van der Waals surface area (Å²) in [4.78, 5) is 62.4. The summed E-state index contributed by atoms with van der Waals surface area (Å²) >= 11 is 13.9. The van der Waals surface area contributed by atoms with Gasteiger partial charge in [-0.15, -0.1) is 23.2 Å². The van der Waals surface area contributed by atoms with Crippen LogP contribution in [0.25, 0.3) is 0 Å². The summed E-state index contributed by atoms with van der Waals surface area (Å²) < 4.78 is 4.62. The number of carbonyl (C=O) groups is 5. The number of alkyl halides is 2. The first-order chi connectivity index (χ1) is 16.0. The van der Waals surface area contributed by atoms with Crippen molar-refractivity contribution in [1.29, 1.82) is 0 Å². The van der Waals surface area contributed by atoms with Gasteiger partial charge >= 0.3 is 6.09 Å². The molecular weight excluding hydrogens is 487 g/mol. The van der Waals surface area contributed by atoms with Gasteiger partial charge in [-0.3, -0.25) is 24.1 Å². The third kappa shape index (κ3) is 2.54. The molecular formula is C23H20Cl2N2O7. The van der Waals surface area contributed by atoms with E-state index in [9.17, 15) is 29.1 Å². The molecule has 1 aromatic rings. The zero-order chi connectivity index (χ0) is 24.7. The first-order valence-electron chi connectivity index (χ1n) is 10.6. The first-order valence-corrected chi connectivity index (χ1v) is 11.4. The highest BCUT2D eigenvalue weighted by atomic mass is 35.5. The number of phenols is 1. The van der Waals surface area contributed by atoms with Gasteiger partial charge < -0.3 is 9.84 Å². The van der Waals surface area contributed by atoms with Crippen LogP contribution < -0.4 is 0 Å². The second-order valence-corrected chi connectivity index (χ2v) is 10.3. The molecule has 0 bridgehead atoms. The van der Waals surface area contributed by atoms with Gasteiger partial charge in [0.15, 0.2) is 9.75 Å². The zero-order valence-electron chi connectivity index (χ0n) is 18.2. The Morgan fingerprint density at radius 2 is 1.76 bits per heavy atom. The fourth-order valence-electron chi connectivity index (χ4n) is 6.09. The van der Waals surface area contributed by atoms with E-state index in [0.717, 1.165) is 12.0 Å². The van der Waals surface area contributed by atoms with Gasteiger partial charge in [-0.2, -0.15) is 4.90 Å². The van der Waals surface area contributed by atoms with Crippen molar-refractivity contribution in [3.63, 3.8) is 0 Å². The summed E-state index contributed by atoms with van der Waals surface area (Å²) in [5.41, 5.74) is 0.799. The number of halogens is 2. The molecule has 2 saturated heterocycles. The van der Waals surface area contributed by atoms with Gasteiger partial charge in [-0.25, -0.2) is 4.79 Å². The van der Waals surface area contributed by atoms with Crippen molar-refractivity contribution in [3.05, 3.63) is 41.5 Å². The molecule has 178 valence electrons. The number of aromatic hydroxyl groups is 1. The van der Waals surface area contributed by atoms with Crippen LogP contribution in [-0.2, 0) is 23.9 Å². The molecule has 2 heterocycles. The molecule has 1 saturated carbocycles. The number of amides is 5. The minimum Gasteiger partial charge on any atom is -0.508 e. The van der Waals surface area contributed by atoms with E-state index in [1.54, 1.807) is 24.3 Å². The number of carbonyl (C=O) groups excluding carboxylic acids is 5.